The highest BCUT2D eigenvalue weighted by atomic mass is 79.9. The number of hydrogen-bond donors (Lipinski definition) is 1. The molecule has 1 N–H and O–H groups in total. The third kappa shape index (κ3) is 3.80. The van der Waals surface area contributed by atoms with Crippen molar-refractivity contribution in [2.24, 2.45) is 0 Å². The van der Waals surface area contributed by atoms with Gasteiger partial charge in [0.05, 0.1) is 10.2 Å². The molecule has 0 amide bonds. The van der Waals surface area contributed by atoms with E-state index < -0.39 is 0 Å². The molecule has 0 atom stereocenters. The topological polar surface area (TPSA) is 24.9 Å². The molecule has 1 aromatic rings. The van der Waals surface area contributed by atoms with E-state index >= 15 is 0 Å². The van der Waals surface area contributed by atoms with Crippen LogP contribution in [0.15, 0.2) is 22.9 Å². The molecule has 0 radical (unpaired) electrons. The average molecular weight is 253 g/mol. The van der Waals surface area contributed by atoms with Crippen LogP contribution in [0.1, 0.15) is 19.3 Å². The summed E-state index contributed by atoms with van der Waals surface area (Å²) >= 11 is 3.42. The number of hydrogen-bond acceptors (Lipinski definition) is 2. The number of rotatable bonds is 5. The van der Waals surface area contributed by atoms with Gasteiger partial charge in [0.25, 0.3) is 0 Å². The zero-order valence-electron chi connectivity index (χ0n) is 7.96. The van der Waals surface area contributed by atoms with E-state index in [1.165, 1.54) is 0 Å². The van der Waals surface area contributed by atoms with Crippen molar-refractivity contribution in [3.05, 3.63) is 22.9 Å². The predicted molar refractivity (Wildman–Crippen MR) is 63.1 cm³/mol. The number of nitrogens with zero attached hydrogens (tertiary/aromatic N) is 1. The van der Waals surface area contributed by atoms with Gasteiger partial charge in [-0.05, 0) is 34.8 Å². The maximum atomic E-state index is 5.16. The van der Waals surface area contributed by atoms with Crippen LogP contribution >= 0.6 is 15.9 Å². The van der Waals surface area contributed by atoms with Crippen molar-refractivity contribution in [2.45, 2.75) is 19.3 Å². The minimum Gasteiger partial charge on any atom is -0.384 e. The zero-order valence-corrected chi connectivity index (χ0v) is 9.55. The number of nitrogens with one attached hydrogen (secondary N) is 1. The number of halogens is 1. The highest BCUT2D eigenvalue weighted by Crippen LogP contribution is 2.19. The molecule has 14 heavy (non-hydrogen) atoms. The fraction of sp³-hybridized carbons (Fsp3) is 0.364. The van der Waals surface area contributed by atoms with Gasteiger partial charge < -0.3 is 5.32 Å². The fourth-order valence-electron chi connectivity index (χ4n) is 1.09. The fourth-order valence-corrected chi connectivity index (χ4v) is 1.48. The molecule has 3 heteroatoms. The zero-order chi connectivity index (χ0) is 10.2. The monoisotopic (exact) mass is 252 g/mol. The largest absolute Gasteiger partial charge is 0.384 e. The molecule has 0 saturated carbocycles. The molecular weight excluding hydrogens is 240 g/mol. The van der Waals surface area contributed by atoms with Crippen LogP contribution in [-0.2, 0) is 0 Å². The smallest absolute Gasteiger partial charge is 0.0590 e. The van der Waals surface area contributed by atoms with Crippen LogP contribution in [-0.4, -0.2) is 11.5 Å². The molecule has 0 aliphatic heterocycles. The highest BCUT2D eigenvalue weighted by Gasteiger charge is 1.96. The molecule has 0 aliphatic carbocycles. The summed E-state index contributed by atoms with van der Waals surface area (Å²) in [5.74, 6) is 2.63. The molecule has 74 valence electrons. The quantitative estimate of drug-likeness (QED) is 0.644. The first-order valence-corrected chi connectivity index (χ1v) is 5.40. The van der Waals surface area contributed by atoms with Gasteiger partial charge in [0.1, 0.15) is 0 Å². The van der Waals surface area contributed by atoms with Gasteiger partial charge in [-0.3, -0.25) is 4.98 Å². The number of pyridine rings is 1. The van der Waals surface area contributed by atoms with Crippen molar-refractivity contribution in [3.63, 3.8) is 0 Å². The molecule has 0 spiro atoms. The highest BCUT2D eigenvalue weighted by molar-refractivity contribution is 9.10. The molecule has 2 nitrogen and oxygen atoms in total. The second-order valence-corrected chi connectivity index (χ2v) is 3.80. The Morgan fingerprint density at radius 3 is 3.07 bits per heavy atom. The van der Waals surface area contributed by atoms with Crippen molar-refractivity contribution >= 4 is 21.6 Å². The molecule has 0 bridgehead atoms. The summed E-state index contributed by atoms with van der Waals surface area (Å²) < 4.78 is 0.997. The number of unbranched alkanes of at least 4 members (excludes halogenated alkanes) is 2. The summed E-state index contributed by atoms with van der Waals surface area (Å²) in [5, 5.41) is 3.32. The SMILES string of the molecule is C#CCCCCNc1ccncc1Br. The van der Waals surface area contributed by atoms with Gasteiger partial charge in [0, 0.05) is 25.4 Å². The Bertz CT molecular complexity index is 317. The maximum Gasteiger partial charge on any atom is 0.0590 e. The molecule has 0 aromatic carbocycles. The first-order chi connectivity index (χ1) is 6.84. The van der Waals surface area contributed by atoms with Crippen LogP contribution < -0.4 is 5.32 Å². The first-order valence-electron chi connectivity index (χ1n) is 4.61. The molecule has 1 heterocycles. The summed E-state index contributed by atoms with van der Waals surface area (Å²) in [6.07, 6.45) is 11.7. The number of aromatic nitrogens is 1. The molecule has 0 fully saturated rings. The molecule has 0 aliphatic rings. The lowest BCUT2D eigenvalue weighted by atomic mass is 10.2. The van der Waals surface area contributed by atoms with E-state index in [2.05, 4.69) is 32.2 Å². The third-order valence-electron chi connectivity index (χ3n) is 1.84. The van der Waals surface area contributed by atoms with Crippen molar-refractivity contribution in [1.82, 2.24) is 4.98 Å². The lowest BCUT2D eigenvalue weighted by Gasteiger charge is -2.06. The lowest BCUT2D eigenvalue weighted by Crippen LogP contribution is -2.01. The van der Waals surface area contributed by atoms with Crippen LogP contribution in [0, 0.1) is 12.3 Å². The molecular formula is C11H13BrN2. The van der Waals surface area contributed by atoms with Crippen molar-refractivity contribution in [3.8, 4) is 12.3 Å². The third-order valence-corrected chi connectivity index (χ3v) is 2.47. The van der Waals surface area contributed by atoms with Crippen LogP contribution in [0.4, 0.5) is 5.69 Å². The summed E-state index contributed by atoms with van der Waals surface area (Å²) in [7, 11) is 0. The van der Waals surface area contributed by atoms with Gasteiger partial charge >= 0.3 is 0 Å². The van der Waals surface area contributed by atoms with Gasteiger partial charge in [-0.2, -0.15) is 0 Å². The summed E-state index contributed by atoms with van der Waals surface area (Å²) in [6, 6.07) is 1.95. The Morgan fingerprint density at radius 1 is 1.50 bits per heavy atom. The number of anilines is 1. The van der Waals surface area contributed by atoms with E-state index in [1.54, 1.807) is 12.4 Å². The second kappa shape index (κ2) is 6.44. The molecule has 0 saturated heterocycles. The summed E-state index contributed by atoms with van der Waals surface area (Å²) in [5.41, 5.74) is 1.08. The van der Waals surface area contributed by atoms with Gasteiger partial charge in [-0.1, -0.05) is 0 Å². The van der Waals surface area contributed by atoms with Crippen molar-refractivity contribution in [2.75, 3.05) is 11.9 Å². The van der Waals surface area contributed by atoms with Crippen LogP contribution in [0.2, 0.25) is 0 Å². The summed E-state index contributed by atoms with van der Waals surface area (Å²) in [4.78, 5) is 3.99. The Hall–Kier alpha value is -1.01. The molecule has 1 aromatic heterocycles. The van der Waals surface area contributed by atoms with Crippen molar-refractivity contribution < 1.29 is 0 Å². The van der Waals surface area contributed by atoms with Crippen LogP contribution in [0.3, 0.4) is 0 Å². The van der Waals surface area contributed by atoms with Gasteiger partial charge in [0.2, 0.25) is 0 Å². The van der Waals surface area contributed by atoms with E-state index in [0.717, 1.165) is 36.0 Å². The molecule has 1 rings (SSSR count). The lowest BCUT2D eigenvalue weighted by molar-refractivity contribution is 0.789. The first kappa shape index (κ1) is 11.1. The minimum absolute atomic E-state index is 0.860. The van der Waals surface area contributed by atoms with Crippen LogP contribution in [0.5, 0.6) is 0 Å². The van der Waals surface area contributed by atoms with E-state index in [1.807, 2.05) is 6.07 Å². The van der Waals surface area contributed by atoms with E-state index in [0.29, 0.717) is 0 Å². The second-order valence-electron chi connectivity index (χ2n) is 2.94. The molecule has 0 unspecified atom stereocenters. The van der Waals surface area contributed by atoms with E-state index in [9.17, 15) is 0 Å². The predicted octanol–water partition coefficient (Wildman–Crippen LogP) is 3.06. The van der Waals surface area contributed by atoms with Gasteiger partial charge in [0.15, 0.2) is 0 Å². The maximum absolute atomic E-state index is 5.16. The minimum atomic E-state index is 0.860. The Labute approximate surface area is 93.3 Å². The van der Waals surface area contributed by atoms with Gasteiger partial charge in [-0.15, -0.1) is 12.3 Å². The Morgan fingerprint density at radius 2 is 2.36 bits per heavy atom. The van der Waals surface area contributed by atoms with Crippen LogP contribution in [0.25, 0.3) is 0 Å². The normalized spacial score (nSPS) is 9.43. The van der Waals surface area contributed by atoms with Crippen molar-refractivity contribution in [1.29, 1.82) is 0 Å². The summed E-state index contributed by atoms with van der Waals surface area (Å²) in [6.45, 7) is 0.949. The number of terminal acetylenes is 1. The Balaban J connectivity index is 2.25. The Kier molecular flexibility index (Phi) is 5.09. The van der Waals surface area contributed by atoms with E-state index in [4.69, 9.17) is 6.42 Å². The average Bonchev–Trinajstić information content (AvgIpc) is 2.20. The van der Waals surface area contributed by atoms with Gasteiger partial charge in [-0.25, -0.2) is 0 Å². The van der Waals surface area contributed by atoms with E-state index in [-0.39, 0.29) is 0 Å². The standard InChI is InChI=1S/C11H13BrN2/c1-2-3-4-5-7-14-11-6-8-13-9-10(11)12/h1,6,8-9H,3-5,7H2,(H,13,14).